The Bertz CT molecular complexity index is 350. The summed E-state index contributed by atoms with van der Waals surface area (Å²) in [5, 5.41) is 9.31. The molecule has 122 valence electrons. The number of carbonyl (C=O) groups is 1. The van der Waals surface area contributed by atoms with Gasteiger partial charge in [-0.15, -0.1) is 0 Å². The summed E-state index contributed by atoms with van der Waals surface area (Å²) < 4.78 is 5.75. The van der Waals surface area contributed by atoms with Crippen molar-refractivity contribution < 1.29 is 14.6 Å². The highest BCUT2D eigenvalue weighted by Gasteiger charge is 2.38. The highest BCUT2D eigenvalue weighted by atomic mass is 16.5. The number of rotatable bonds is 5. The molecule has 0 aromatic carbocycles. The molecule has 1 aliphatic heterocycles. The third kappa shape index (κ3) is 4.19. The van der Waals surface area contributed by atoms with E-state index in [1.807, 2.05) is 20.8 Å². The van der Waals surface area contributed by atoms with Gasteiger partial charge in [-0.25, -0.2) is 4.79 Å². The van der Waals surface area contributed by atoms with Gasteiger partial charge in [0.1, 0.15) is 0 Å². The molecular formula is C17H31NO3. The lowest BCUT2D eigenvalue weighted by molar-refractivity contribution is -0.159. The van der Waals surface area contributed by atoms with Crippen LogP contribution in [-0.4, -0.2) is 48.8 Å². The van der Waals surface area contributed by atoms with E-state index in [2.05, 4.69) is 11.9 Å². The average molecular weight is 297 g/mol. The van der Waals surface area contributed by atoms with Gasteiger partial charge in [-0.1, -0.05) is 27.2 Å². The van der Waals surface area contributed by atoms with Crippen LogP contribution in [-0.2, 0) is 9.53 Å². The molecule has 0 aromatic heterocycles. The van der Waals surface area contributed by atoms with E-state index in [-0.39, 0.29) is 5.41 Å². The Balaban J connectivity index is 1.86. The number of aliphatic carboxylic acids is 1. The van der Waals surface area contributed by atoms with Gasteiger partial charge in [0.05, 0.1) is 0 Å². The Kier molecular flexibility index (Phi) is 5.31. The molecule has 0 aromatic rings. The molecule has 1 heterocycles. The monoisotopic (exact) mass is 297 g/mol. The number of ether oxygens (including phenoxy) is 1. The van der Waals surface area contributed by atoms with Crippen LogP contribution in [0.4, 0.5) is 0 Å². The van der Waals surface area contributed by atoms with Crippen LogP contribution in [0.5, 0.6) is 0 Å². The number of piperidine rings is 1. The molecule has 21 heavy (non-hydrogen) atoms. The lowest BCUT2D eigenvalue weighted by atomic mass is 9.68. The van der Waals surface area contributed by atoms with Crippen molar-refractivity contribution in [2.45, 2.75) is 52.6 Å². The van der Waals surface area contributed by atoms with Gasteiger partial charge in [0, 0.05) is 19.7 Å². The van der Waals surface area contributed by atoms with Gasteiger partial charge < -0.3 is 14.7 Å². The van der Waals surface area contributed by atoms with E-state index in [0.29, 0.717) is 6.61 Å². The molecule has 1 saturated carbocycles. The number of carboxylic acids is 1. The normalized spacial score (nSPS) is 31.9. The van der Waals surface area contributed by atoms with Crippen molar-refractivity contribution in [2.75, 3.05) is 26.7 Å². The van der Waals surface area contributed by atoms with Crippen molar-refractivity contribution in [3.8, 4) is 0 Å². The Morgan fingerprint density at radius 3 is 2.33 bits per heavy atom. The Hall–Kier alpha value is -0.610. The number of fused-ring (bicyclic) bond motifs is 2. The van der Waals surface area contributed by atoms with Crippen LogP contribution in [0.2, 0.25) is 0 Å². The van der Waals surface area contributed by atoms with Gasteiger partial charge >= 0.3 is 5.97 Å². The van der Waals surface area contributed by atoms with Crippen molar-refractivity contribution in [2.24, 2.45) is 23.2 Å². The lowest BCUT2D eigenvalue weighted by Crippen LogP contribution is -2.47. The minimum Gasteiger partial charge on any atom is -0.479 e. The molecule has 2 fully saturated rings. The second-order valence-corrected chi connectivity index (χ2v) is 8.08. The topological polar surface area (TPSA) is 49.8 Å². The summed E-state index contributed by atoms with van der Waals surface area (Å²) >= 11 is 0. The van der Waals surface area contributed by atoms with E-state index in [1.165, 1.54) is 32.4 Å². The maximum Gasteiger partial charge on any atom is 0.333 e. The largest absolute Gasteiger partial charge is 0.479 e. The van der Waals surface area contributed by atoms with Crippen molar-refractivity contribution in [1.29, 1.82) is 0 Å². The van der Waals surface area contributed by atoms with E-state index >= 15 is 0 Å². The van der Waals surface area contributed by atoms with Crippen LogP contribution in [0.15, 0.2) is 0 Å². The lowest BCUT2D eigenvalue weighted by Gasteiger charge is -2.46. The third-order valence-electron chi connectivity index (χ3n) is 5.20. The zero-order valence-corrected chi connectivity index (χ0v) is 14.0. The van der Waals surface area contributed by atoms with Gasteiger partial charge in [0.25, 0.3) is 0 Å². The number of hydrogen-bond donors (Lipinski definition) is 1. The summed E-state index contributed by atoms with van der Waals surface area (Å²) in [6.07, 6.45) is 4.33. The number of nitrogens with zero attached hydrogens (tertiary/aromatic N) is 1. The van der Waals surface area contributed by atoms with Gasteiger partial charge in [0.2, 0.25) is 0 Å². The fourth-order valence-corrected chi connectivity index (χ4v) is 4.27. The zero-order valence-electron chi connectivity index (χ0n) is 14.0. The maximum atomic E-state index is 11.3. The van der Waals surface area contributed by atoms with Crippen LogP contribution in [0.3, 0.4) is 0 Å². The SMILES string of the molecule is CN1C[C@H]2CCC[C@@H](C1)C2CCOC(C(=O)O)C(C)(C)C. The summed E-state index contributed by atoms with van der Waals surface area (Å²) in [6.45, 7) is 8.75. The van der Waals surface area contributed by atoms with Crippen molar-refractivity contribution in [3.63, 3.8) is 0 Å². The molecule has 2 bridgehead atoms. The fourth-order valence-electron chi connectivity index (χ4n) is 4.27. The van der Waals surface area contributed by atoms with E-state index in [1.54, 1.807) is 0 Å². The fraction of sp³-hybridized carbons (Fsp3) is 0.941. The smallest absolute Gasteiger partial charge is 0.333 e. The summed E-state index contributed by atoms with van der Waals surface area (Å²) in [5.74, 6) is 1.45. The molecule has 2 aliphatic rings. The van der Waals surface area contributed by atoms with E-state index < -0.39 is 12.1 Å². The second-order valence-electron chi connectivity index (χ2n) is 8.08. The van der Waals surface area contributed by atoms with Crippen LogP contribution in [0.25, 0.3) is 0 Å². The standard InChI is InChI=1S/C17H31NO3/c1-17(2,3)15(16(19)20)21-9-8-14-12-6-5-7-13(14)11-18(4)10-12/h12-15H,5-11H2,1-4H3,(H,19,20)/t12-,13+,14?,15?. The predicted molar refractivity (Wildman–Crippen MR) is 83.3 cm³/mol. The Morgan fingerprint density at radius 1 is 1.29 bits per heavy atom. The minimum atomic E-state index is -0.842. The average Bonchev–Trinajstić information content (AvgIpc) is 2.32. The second kappa shape index (κ2) is 6.66. The molecule has 0 radical (unpaired) electrons. The molecule has 4 nitrogen and oxygen atoms in total. The van der Waals surface area contributed by atoms with Crippen LogP contribution in [0, 0.1) is 23.2 Å². The van der Waals surface area contributed by atoms with Gasteiger partial charge in [-0.3, -0.25) is 0 Å². The molecule has 1 N–H and O–H groups in total. The summed E-state index contributed by atoms with van der Waals surface area (Å²) in [6, 6.07) is 0. The molecule has 0 amide bonds. The molecule has 2 rings (SSSR count). The first-order chi connectivity index (χ1) is 9.79. The maximum absolute atomic E-state index is 11.3. The number of likely N-dealkylation sites (tertiary alicyclic amines) is 1. The number of carboxylic acid groups (broad SMARTS) is 1. The summed E-state index contributed by atoms with van der Waals surface area (Å²) in [4.78, 5) is 13.8. The molecule has 1 aliphatic carbocycles. The zero-order chi connectivity index (χ0) is 15.6. The molecular weight excluding hydrogens is 266 g/mol. The first kappa shape index (κ1) is 16.8. The summed E-state index contributed by atoms with van der Waals surface area (Å²) in [7, 11) is 2.22. The Labute approximate surface area is 128 Å². The van der Waals surface area contributed by atoms with E-state index in [4.69, 9.17) is 4.74 Å². The van der Waals surface area contributed by atoms with E-state index in [9.17, 15) is 9.90 Å². The molecule has 4 heteroatoms. The molecule has 2 unspecified atom stereocenters. The van der Waals surface area contributed by atoms with E-state index in [0.717, 1.165) is 24.2 Å². The predicted octanol–water partition coefficient (Wildman–Crippen LogP) is 2.87. The molecule has 1 saturated heterocycles. The Morgan fingerprint density at radius 2 is 1.86 bits per heavy atom. The molecule has 0 spiro atoms. The minimum absolute atomic E-state index is 0.353. The first-order valence-corrected chi connectivity index (χ1v) is 8.32. The quantitative estimate of drug-likeness (QED) is 0.848. The van der Waals surface area contributed by atoms with Gasteiger partial charge in [0.15, 0.2) is 6.10 Å². The van der Waals surface area contributed by atoms with Gasteiger partial charge in [-0.2, -0.15) is 0 Å². The van der Waals surface area contributed by atoms with Crippen LogP contribution in [0.1, 0.15) is 46.5 Å². The highest BCUT2D eigenvalue weighted by Crippen LogP contribution is 2.41. The summed E-state index contributed by atoms with van der Waals surface area (Å²) in [5.41, 5.74) is -0.353. The number of hydrogen-bond acceptors (Lipinski definition) is 3. The van der Waals surface area contributed by atoms with Crippen molar-refractivity contribution in [3.05, 3.63) is 0 Å². The first-order valence-electron chi connectivity index (χ1n) is 8.32. The van der Waals surface area contributed by atoms with Crippen LogP contribution >= 0.6 is 0 Å². The van der Waals surface area contributed by atoms with Crippen molar-refractivity contribution in [1.82, 2.24) is 4.90 Å². The van der Waals surface area contributed by atoms with Crippen molar-refractivity contribution >= 4 is 5.97 Å². The van der Waals surface area contributed by atoms with Gasteiger partial charge in [-0.05, 0) is 49.5 Å². The molecule has 4 atom stereocenters. The highest BCUT2D eigenvalue weighted by molar-refractivity contribution is 5.73. The third-order valence-corrected chi connectivity index (χ3v) is 5.20. The van der Waals surface area contributed by atoms with Crippen LogP contribution < -0.4 is 0 Å².